The number of nitrogens with zero attached hydrogens (tertiary/aromatic N) is 1. The SMILES string of the molecule is Cc1ccc(NCC(=O)Nc2ccc(C(=O)N3CCCCc4ccccc43)cc2)c(C)c1. The molecule has 0 saturated carbocycles. The molecule has 164 valence electrons. The number of para-hydroxylation sites is 1. The number of carbonyl (C=O) groups excluding carboxylic acids is 2. The van der Waals surface area contributed by atoms with Crippen LogP contribution in [0.2, 0.25) is 0 Å². The standard InChI is InChI=1S/C27H29N3O2/c1-19-10-15-24(20(2)17-19)28-18-26(31)29-23-13-11-22(12-14-23)27(32)30-16-6-5-8-21-7-3-4-9-25(21)30/h3-4,7,9-15,17,28H,5-6,8,16,18H2,1-2H3,(H,29,31). The molecule has 1 aliphatic heterocycles. The smallest absolute Gasteiger partial charge is 0.258 e. The van der Waals surface area contributed by atoms with E-state index < -0.39 is 0 Å². The molecule has 5 heteroatoms. The number of fused-ring (bicyclic) bond motifs is 1. The van der Waals surface area contributed by atoms with Crippen molar-refractivity contribution in [3.63, 3.8) is 0 Å². The lowest BCUT2D eigenvalue weighted by molar-refractivity contribution is -0.114. The van der Waals surface area contributed by atoms with Gasteiger partial charge in [0.25, 0.3) is 5.91 Å². The first-order chi connectivity index (χ1) is 15.5. The highest BCUT2D eigenvalue weighted by Gasteiger charge is 2.22. The Balaban J connectivity index is 1.38. The molecule has 0 spiro atoms. The average molecular weight is 428 g/mol. The monoisotopic (exact) mass is 427 g/mol. The molecule has 0 fully saturated rings. The highest BCUT2D eigenvalue weighted by atomic mass is 16.2. The largest absolute Gasteiger partial charge is 0.376 e. The lowest BCUT2D eigenvalue weighted by Crippen LogP contribution is -2.31. The Morgan fingerprint density at radius 3 is 2.50 bits per heavy atom. The van der Waals surface area contributed by atoms with Gasteiger partial charge >= 0.3 is 0 Å². The Bertz CT molecular complexity index is 1120. The van der Waals surface area contributed by atoms with E-state index in [4.69, 9.17) is 0 Å². The number of rotatable bonds is 5. The fraction of sp³-hybridized carbons (Fsp3) is 0.259. The van der Waals surface area contributed by atoms with Crippen LogP contribution in [0.25, 0.3) is 0 Å². The van der Waals surface area contributed by atoms with Gasteiger partial charge < -0.3 is 15.5 Å². The van der Waals surface area contributed by atoms with Gasteiger partial charge in [-0.25, -0.2) is 0 Å². The topological polar surface area (TPSA) is 61.4 Å². The second-order valence-electron chi connectivity index (χ2n) is 8.34. The summed E-state index contributed by atoms with van der Waals surface area (Å²) >= 11 is 0. The summed E-state index contributed by atoms with van der Waals surface area (Å²) in [6.07, 6.45) is 3.07. The van der Waals surface area contributed by atoms with Gasteiger partial charge in [0.1, 0.15) is 0 Å². The molecule has 0 atom stereocenters. The lowest BCUT2D eigenvalue weighted by Gasteiger charge is -2.23. The van der Waals surface area contributed by atoms with E-state index >= 15 is 0 Å². The molecule has 3 aromatic carbocycles. The molecule has 0 aromatic heterocycles. The van der Waals surface area contributed by atoms with Crippen LogP contribution >= 0.6 is 0 Å². The van der Waals surface area contributed by atoms with Crippen LogP contribution in [0.4, 0.5) is 17.1 Å². The molecule has 0 saturated heterocycles. The van der Waals surface area contributed by atoms with Gasteiger partial charge in [0.05, 0.1) is 6.54 Å². The number of anilines is 3. The predicted molar refractivity (Wildman–Crippen MR) is 131 cm³/mol. The van der Waals surface area contributed by atoms with Crippen molar-refractivity contribution in [1.29, 1.82) is 0 Å². The van der Waals surface area contributed by atoms with Crippen LogP contribution in [0.15, 0.2) is 66.7 Å². The third-order valence-corrected chi connectivity index (χ3v) is 5.84. The third kappa shape index (κ3) is 4.99. The maximum atomic E-state index is 13.2. The van der Waals surface area contributed by atoms with E-state index in [1.807, 2.05) is 49.1 Å². The van der Waals surface area contributed by atoms with E-state index in [-0.39, 0.29) is 18.4 Å². The number of amides is 2. The first-order valence-electron chi connectivity index (χ1n) is 11.1. The minimum Gasteiger partial charge on any atom is -0.376 e. The van der Waals surface area contributed by atoms with Crippen LogP contribution < -0.4 is 15.5 Å². The van der Waals surface area contributed by atoms with Crippen molar-refractivity contribution in [3.8, 4) is 0 Å². The van der Waals surface area contributed by atoms with Gasteiger partial charge in [-0.1, -0.05) is 35.9 Å². The van der Waals surface area contributed by atoms with Crippen molar-refractivity contribution in [1.82, 2.24) is 0 Å². The second kappa shape index (κ2) is 9.69. The summed E-state index contributed by atoms with van der Waals surface area (Å²) in [4.78, 5) is 27.4. The van der Waals surface area contributed by atoms with Crippen LogP contribution in [0.5, 0.6) is 0 Å². The minimum atomic E-state index is -0.134. The van der Waals surface area contributed by atoms with Gasteiger partial charge in [0.15, 0.2) is 0 Å². The van der Waals surface area contributed by atoms with E-state index in [2.05, 4.69) is 22.8 Å². The molecule has 32 heavy (non-hydrogen) atoms. The molecule has 0 radical (unpaired) electrons. The molecule has 4 rings (SSSR count). The number of carbonyl (C=O) groups is 2. The molecular weight excluding hydrogens is 398 g/mol. The first kappa shape index (κ1) is 21.6. The van der Waals surface area contributed by atoms with Gasteiger partial charge in [0.2, 0.25) is 5.91 Å². The molecule has 0 unspecified atom stereocenters. The molecule has 2 amide bonds. The quantitative estimate of drug-likeness (QED) is 0.578. The fourth-order valence-corrected chi connectivity index (χ4v) is 4.15. The highest BCUT2D eigenvalue weighted by Crippen LogP contribution is 2.27. The zero-order valence-corrected chi connectivity index (χ0v) is 18.7. The van der Waals surface area contributed by atoms with Crippen LogP contribution in [0, 0.1) is 13.8 Å². The van der Waals surface area contributed by atoms with Crippen LogP contribution in [-0.4, -0.2) is 24.9 Å². The number of hydrogen-bond acceptors (Lipinski definition) is 3. The first-order valence-corrected chi connectivity index (χ1v) is 11.1. The van der Waals surface area contributed by atoms with Gasteiger partial charge in [-0.15, -0.1) is 0 Å². The molecule has 3 aromatic rings. The van der Waals surface area contributed by atoms with E-state index in [1.165, 1.54) is 11.1 Å². The maximum Gasteiger partial charge on any atom is 0.258 e. The average Bonchev–Trinajstić information content (AvgIpc) is 3.01. The summed E-state index contributed by atoms with van der Waals surface area (Å²) in [7, 11) is 0. The Kier molecular flexibility index (Phi) is 6.55. The van der Waals surface area contributed by atoms with E-state index in [9.17, 15) is 9.59 Å². The second-order valence-corrected chi connectivity index (χ2v) is 8.34. The summed E-state index contributed by atoms with van der Waals surface area (Å²) in [6.45, 7) is 4.96. The molecule has 0 bridgehead atoms. The highest BCUT2D eigenvalue weighted by molar-refractivity contribution is 6.07. The minimum absolute atomic E-state index is 0.00580. The zero-order valence-electron chi connectivity index (χ0n) is 18.7. The van der Waals surface area contributed by atoms with Gasteiger partial charge in [-0.2, -0.15) is 0 Å². The Hall–Kier alpha value is -3.60. The van der Waals surface area contributed by atoms with Crippen molar-refractivity contribution >= 4 is 28.9 Å². The van der Waals surface area contributed by atoms with Crippen molar-refractivity contribution in [3.05, 3.63) is 89.0 Å². The molecular formula is C27H29N3O2. The maximum absolute atomic E-state index is 13.2. The Labute approximate surface area is 189 Å². The Morgan fingerprint density at radius 1 is 0.938 bits per heavy atom. The summed E-state index contributed by atoms with van der Waals surface area (Å²) in [5.41, 5.74) is 6.76. The van der Waals surface area contributed by atoms with E-state index in [0.717, 1.165) is 42.7 Å². The summed E-state index contributed by atoms with van der Waals surface area (Å²) < 4.78 is 0. The van der Waals surface area contributed by atoms with Crippen LogP contribution in [-0.2, 0) is 11.2 Å². The van der Waals surface area contributed by atoms with Crippen molar-refractivity contribution in [2.24, 2.45) is 0 Å². The Morgan fingerprint density at radius 2 is 1.72 bits per heavy atom. The van der Waals surface area contributed by atoms with Crippen molar-refractivity contribution < 1.29 is 9.59 Å². The van der Waals surface area contributed by atoms with E-state index in [1.54, 1.807) is 24.3 Å². The molecule has 1 aliphatic rings. The van der Waals surface area contributed by atoms with Crippen molar-refractivity contribution in [2.45, 2.75) is 33.1 Å². The summed E-state index contributed by atoms with van der Waals surface area (Å²) in [6, 6.07) is 21.4. The molecule has 5 nitrogen and oxygen atoms in total. The predicted octanol–water partition coefficient (Wildman–Crippen LogP) is 5.34. The normalized spacial score (nSPS) is 13.1. The molecule has 2 N–H and O–H groups in total. The molecule has 0 aliphatic carbocycles. The van der Waals surface area contributed by atoms with Crippen LogP contribution in [0.1, 0.15) is 39.9 Å². The number of benzene rings is 3. The fourth-order valence-electron chi connectivity index (χ4n) is 4.15. The van der Waals surface area contributed by atoms with Gasteiger partial charge in [-0.3, -0.25) is 9.59 Å². The third-order valence-electron chi connectivity index (χ3n) is 5.84. The number of aryl methyl sites for hydroxylation is 3. The lowest BCUT2D eigenvalue weighted by atomic mass is 10.1. The van der Waals surface area contributed by atoms with Crippen LogP contribution in [0.3, 0.4) is 0 Å². The van der Waals surface area contributed by atoms with Crippen molar-refractivity contribution in [2.75, 3.05) is 28.6 Å². The molecule has 1 heterocycles. The number of nitrogens with one attached hydrogen (secondary N) is 2. The number of hydrogen-bond donors (Lipinski definition) is 2. The summed E-state index contributed by atoms with van der Waals surface area (Å²) in [5, 5.41) is 6.06. The van der Waals surface area contributed by atoms with Gasteiger partial charge in [0, 0.05) is 29.2 Å². The zero-order chi connectivity index (χ0) is 22.5. The summed E-state index contributed by atoms with van der Waals surface area (Å²) in [5.74, 6) is -0.140. The van der Waals surface area contributed by atoms with E-state index in [0.29, 0.717) is 11.3 Å². The van der Waals surface area contributed by atoms with Gasteiger partial charge in [-0.05, 0) is 80.6 Å².